The van der Waals surface area contributed by atoms with Gasteiger partial charge in [-0.25, -0.2) is 0 Å². The average molecular weight is 243 g/mol. The number of nitrogens with zero attached hydrogens (tertiary/aromatic N) is 1. The molecule has 0 radical (unpaired) electrons. The molecule has 0 aromatic carbocycles. The molecular weight excluding hydrogens is 227 g/mol. The molecule has 0 saturated heterocycles. The van der Waals surface area contributed by atoms with Gasteiger partial charge in [0.1, 0.15) is 5.92 Å². The van der Waals surface area contributed by atoms with E-state index >= 15 is 0 Å². The number of amidine groups is 1. The highest BCUT2D eigenvalue weighted by atomic mass is 19.4. The van der Waals surface area contributed by atoms with E-state index in [1.807, 2.05) is 0 Å². The van der Waals surface area contributed by atoms with Crippen LogP contribution < -0.4 is 11.1 Å². The fourth-order valence-electron chi connectivity index (χ4n) is 0.996. The van der Waals surface area contributed by atoms with Crippen molar-refractivity contribution in [2.75, 3.05) is 13.1 Å². The van der Waals surface area contributed by atoms with Gasteiger partial charge in [-0.1, -0.05) is 12.1 Å². The summed E-state index contributed by atoms with van der Waals surface area (Å²) in [5, 5.41) is 22.1. The van der Waals surface area contributed by atoms with Gasteiger partial charge < -0.3 is 21.4 Å². The van der Waals surface area contributed by atoms with Gasteiger partial charge in [0.05, 0.1) is 6.10 Å². The number of aliphatic hydroxyl groups excluding tert-OH is 1. The van der Waals surface area contributed by atoms with E-state index in [1.54, 1.807) is 6.92 Å². The van der Waals surface area contributed by atoms with Crippen LogP contribution in [0.25, 0.3) is 0 Å². The summed E-state index contributed by atoms with van der Waals surface area (Å²) >= 11 is 0. The van der Waals surface area contributed by atoms with Gasteiger partial charge in [0.2, 0.25) is 0 Å². The Balaban J connectivity index is 4.25. The molecule has 16 heavy (non-hydrogen) atoms. The van der Waals surface area contributed by atoms with Gasteiger partial charge in [0, 0.05) is 13.1 Å². The van der Waals surface area contributed by atoms with Crippen molar-refractivity contribution in [1.82, 2.24) is 5.32 Å². The Kier molecular flexibility index (Phi) is 6.12. The van der Waals surface area contributed by atoms with Crippen LogP contribution in [0.3, 0.4) is 0 Å². The first-order valence-electron chi connectivity index (χ1n) is 4.75. The van der Waals surface area contributed by atoms with E-state index in [0.717, 1.165) is 0 Å². The van der Waals surface area contributed by atoms with E-state index in [0.29, 0.717) is 6.42 Å². The molecule has 0 rings (SSSR count). The lowest BCUT2D eigenvalue weighted by atomic mass is 10.1. The first-order valence-corrected chi connectivity index (χ1v) is 4.75. The van der Waals surface area contributed by atoms with Crippen molar-refractivity contribution in [2.24, 2.45) is 16.8 Å². The fourth-order valence-corrected chi connectivity index (χ4v) is 0.996. The maximum absolute atomic E-state index is 12.4. The van der Waals surface area contributed by atoms with E-state index in [-0.39, 0.29) is 6.54 Å². The summed E-state index contributed by atoms with van der Waals surface area (Å²) in [5.41, 5.74) is 4.93. The second-order valence-corrected chi connectivity index (χ2v) is 3.34. The summed E-state index contributed by atoms with van der Waals surface area (Å²) < 4.78 is 37.2. The monoisotopic (exact) mass is 243 g/mol. The molecule has 2 atom stereocenters. The molecule has 5 N–H and O–H groups in total. The normalized spacial score (nSPS) is 17.2. The molecule has 0 aromatic heterocycles. The zero-order valence-corrected chi connectivity index (χ0v) is 8.83. The van der Waals surface area contributed by atoms with E-state index in [1.165, 1.54) is 0 Å². The Morgan fingerprint density at radius 3 is 2.38 bits per heavy atom. The Hall–Kier alpha value is -1.02. The highest BCUT2D eigenvalue weighted by Gasteiger charge is 2.42. The summed E-state index contributed by atoms with van der Waals surface area (Å²) in [6.45, 7) is 1.20. The van der Waals surface area contributed by atoms with Gasteiger partial charge in [0.25, 0.3) is 0 Å². The molecule has 0 fully saturated rings. The van der Waals surface area contributed by atoms with Crippen molar-refractivity contribution < 1.29 is 23.5 Å². The topological polar surface area (TPSA) is 90.9 Å². The van der Waals surface area contributed by atoms with Crippen LogP contribution in [-0.2, 0) is 0 Å². The minimum Gasteiger partial charge on any atom is -0.409 e. The van der Waals surface area contributed by atoms with Crippen LogP contribution in [0.5, 0.6) is 0 Å². The molecule has 0 aliphatic heterocycles. The van der Waals surface area contributed by atoms with Gasteiger partial charge in [-0.15, -0.1) is 0 Å². The highest BCUT2D eigenvalue weighted by Crippen LogP contribution is 2.25. The lowest BCUT2D eigenvalue weighted by molar-refractivity contribution is -0.155. The van der Waals surface area contributed by atoms with Gasteiger partial charge in [0.15, 0.2) is 5.84 Å². The van der Waals surface area contributed by atoms with Crippen LogP contribution in [0.4, 0.5) is 13.2 Å². The molecule has 0 aliphatic carbocycles. The number of hydrogen-bond donors (Lipinski definition) is 4. The fraction of sp³-hybridized carbons (Fsp3) is 0.875. The zero-order valence-electron chi connectivity index (χ0n) is 8.83. The molecule has 0 aliphatic rings. The smallest absolute Gasteiger partial charge is 0.400 e. The van der Waals surface area contributed by atoms with Gasteiger partial charge in [-0.05, 0) is 6.42 Å². The minimum atomic E-state index is -4.58. The summed E-state index contributed by atoms with van der Waals surface area (Å²) in [7, 11) is 0. The second-order valence-electron chi connectivity index (χ2n) is 3.34. The predicted molar refractivity (Wildman–Crippen MR) is 52.1 cm³/mol. The van der Waals surface area contributed by atoms with Crippen molar-refractivity contribution in [2.45, 2.75) is 25.6 Å². The molecular formula is C8H16F3N3O2. The van der Waals surface area contributed by atoms with E-state index < -0.39 is 30.6 Å². The number of nitrogens with one attached hydrogen (secondary N) is 1. The minimum absolute atomic E-state index is 0.0296. The molecule has 0 bridgehead atoms. The van der Waals surface area contributed by atoms with Crippen molar-refractivity contribution in [3.8, 4) is 0 Å². The Bertz CT molecular complexity index is 233. The van der Waals surface area contributed by atoms with E-state index in [2.05, 4.69) is 10.5 Å². The standard InChI is InChI=1S/C8H16F3N3O2/c1-2-5(15)3-13-4-6(7(12)14-16)8(9,10)11/h5-6,13,15-16H,2-4H2,1H3,(H2,12,14). The third-order valence-corrected chi connectivity index (χ3v) is 2.07. The van der Waals surface area contributed by atoms with Crippen molar-refractivity contribution in [1.29, 1.82) is 0 Å². The molecule has 8 heteroatoms. The largest absolute Gasteiger partial charge is 0.409 e. The summed E-state index contributed by atoms with van der Waals surface area (Å²) in [6, 6.07) is 0. The van der Waals surface area contributed by atoms with Crippen molar-refractivity contribution >= 4 is 5.84 Å². The average Bonchev–Trinajstić information content (AvgIpc) is 2.21. The number of nitrogens with two attached hydrogens (primary N) is 1. The number of hydrogen-bond acceptors (Lipinski definition) is 4. The van der Waals surface area contributed by atoms with Gasteiger partial charge >= 0.3 is 6.18 Å². The van der Waals surface area contributed by atoms with Crippen LogP contribution >= 0.6 is 0 Å². The van der Waals surface area contributed by atoms with Crippen LogP contribution in [0.1, 0.15) is 13.3 Å². The number of aliphatic hydroxyl groups is 1. The van der Waals surface area contributed by atoms with Gasteiger partial charge in [-0.2, -0.15) is 13.2 Å². The number of oxime groups is 1. The molecule has 0 heterocycles. The lowest BCUT2D eigenvalue weighted by Crippen LogP contribution is -2.44. The quantitative estimate of drug-likeness (QED) is 0.233. The van der Waals surface area contributed by atoms with Crippen molar-refractivity contribution in [3.05, 3.63) is 0 Å². The maximum atomic E-state index is 12.4. The summed E-state index contributed by atoms with van der Waals surface area (Å²) in [4.78, 5) is 0. The third kappa shape index (κ3) is 5.17. The maximum Gasteiger partial charge on any atom is 0.400 e. The summed E-state index contributed by atoms with van der Waals surface area (Å²) in [6.07, 6.45) is -4.85. The van der Waals surface area contributed by atoms with E-state index in [4.69, 9.17) is 16.0 Å². The predicted octanol–water partition coefficient (Wildman–Crippen LogP) is 0.272. The first-order chi connectivity index (χ1) is 7.32. The Labute approximate surface area is 91.1 Å². The molecule has 5 nitrogen and oxygen atoms in total. The number of halogens is 3. The number of rotatable bonds is 6. The zero-order chi connectivity index (χ0) is 12.8. The molecule has 2 unspecified atom stereocenters. The van der Waals surface area contributed by atoms with Crippen molar-refractivity contribution in [3.63, 3.8) is 0 Å². The van der Waals surface area contributed by atoms with Crippen LogP contribution in [0, 0.1) is 5.92 Å². The second kappa shape index (κ2) is 6.54. The Morgan fingerprint density at radius 2 is 2.00 bits per heavy atom. The number of alkyl halides is 3. The molecule has 0 spiro atoms. The lowest BCUT2D eigenvalue weighted by Gasteiger charge is -2.20. The van der Waals surface area contributed by atoms with Crippen LogP contribution in [0.15, 0.2) is 5.16 Å². The van der Waals surface area contributed by atoms with Gasteiger partial charge in [-0.3, -0.25) is 0 Å². The molecule has 96 valence electrons. The molecule has 0 aromatic rings. The first kappa shape index (κ1) is 15.0. The van der Waals surface area contributed by atoms with Crippen LogP contribution in [-0.4, -0.2) is 41.5 Å². The van der Waals surface area contributed by atoms with Crippen LogP contribution in [0.2, 0.25) is 0 Å². The summed E-state index contributed by atoms with van der Waals surface area (Å²) in [5.74, 6) is -2.95. The third-order valence-electron chi connectivity index (χ3n) is 2.07. The SMILES string of the molecule is CCC(O)CNCC(C(N)=NO)C(F)(F)F. The molecule has 0 saturated carbocycles. The van der Waals surface area contributed by atoms with E-state index in [9.17, 15) is 13.2 Å². The highest BCUT2D eigenvalue weighted by molar-refractivity contribution is 5.83. The molecule has 0 amide bonds. The Morgan fingerprint density at radius 1 is 1.44 bits per heavy atom.